The number of ketones is 1. The van der Waals surface area contributed by atoms with Crippen LogP contribution in [0.25, 0.3) is 0 Å². The second-order valence-electron chi connectivity index (χ2n) is 3.47. The summed E-state index contributed by atoms with van der Waals surface area (Å²) in [6, 6.07) is 3.31. The van der Waals surface area contributed by atoms with Crippen molar-refractivity contribution in [2.24, 2.45) is 0 Å². The Kier molecular flexibility index (Phi) is 2.53. The van der Waals surface area contributed by atoms with Gasteiger partial charge in [0.05, 0.1) is 4.90 Å². The SMILES string of the molecule is O=C1c2ccc(S(=O)(=O)F)cc2CC1(Cl)Cl. The summed E-state index contributed by atoms with van der Waals surface area (Å²) in [5.41, 5.74) is 0.575. The fourth-order valence-electron chi connectivity index (χ4n) is 1.61. The summed E-state index contributed by atoms with van der Waals surface area (Å²) in [7, 11) is -4.78. The Morgan fingerprint density at radius 1 is 1.31 bits per heavy atom. The van der Waals surface area contributed by atoms with Crippen molar-refractivity contribution in [2.75, 3.05) is 0 Å². The molecule has 1 aromatic rings. The van der Waals surface area contributed by atoms with Gasteiger partial charge < -0.3 is 0 Å². The van der Waals surface area contributed by atoms with Crippen molar-refractivity contribution in [1.29, 1.82) is 0 Å². The van der Waals surface area contributed by atoms with E-state index in [2.05, 4.69) is 0 Å². The molecule has 0 atom stereocenters. The summed E-state index contributed by atoms with van der Waals surface area (Å²) in [5.74, 6) is -0.492. The third-order valence-corrected chi connectivity index (χ3v) is 3.78. The Morgan fingerprint density at radius 2 is 1.94 bits per heavy atom. The van der Waals surface area contributed by atoms with Crippen molar-refractivity contribution >= 4 is 39.2 Å². The van der Waals surface area contributed by atoms with Crippen LogP contribution in [0.2, 0.25) is 0 Å². The number of benzene rings is 1. The zero-order valence-electron chi connectivity index (χ0n) is 7.71. The minimum absolute atomic E-state index is 0.0202. The van der Waals surface area contributed by atoms with Gasteiger partial charge in [0.2, 0.25) is 0 Å². The van der Waals surface area contributed by atoms with Gasteiger partial charge in [-0.2, -0.15) is 8.42 Å². The third kappa shape index (κ3) is 1.83. The summed E-state index contributed by atoms with van der Waals surface area (Å²) in [6.45, 7) is 0. The van der Waals surface area contributed by atoms with Gasteiger partial charge in [-0.1, -0.05) is 23.2 Å². The molecule has 1 aliphatic rings. The van der Waals surface area contributed by atoms with E-state index in [-0.39, 0.29) is 12.0 Å². The molecule has 3 nitrogen and oxygen atoms in total. The number of hydrogen-bond acceptors (Lipinski definition) is 3. The van der Waals surface area contributed by atoms with Crippen LogP contribution in [-0.4, -0.2) is 18.5 Å². The van der Waals surface area contributed by atoms with Crippen LogP contribution in [0.5, 0.6) is 0 Å². The van der Waals surface area contributed by atoms with Gasteiger partial charge in [0.1, 0.15) is 0 Å². The molecule has 0 radical (unpaired) electrons. The minimum Gasteiger partial charge on any atom is -0.291 e. The summed E-state index contributed by atoms with van der Waals surface area (Å²) in [5, 5.41) is 0. The maximum atomic E-state index is 12.7. The van der Waals surface area contributed by atoms with E-state index in [0.29, 0.717) is 5.56 Å². The maximum absolute atomic E-state index is 12.7. The Balaban J connectivity index is 2.58. The van der Waals surface area contributed by atoms with Crippen LogP contribution >= 0.6 is 23.2 Å². The monoisotopic (exact) mass is 282 g/mol. The Hall–Kier alpha value is -0.650. The van der Waals surface area contributed by atoms with Crippen molar-refractivity contribution in [1.82, 2.24) is 0 Å². The van der Waals surface area contributed by atoms with Gasteiger partial charge in [-0.25, -0.2) is 0 Å². The van der Waals surface area contributed by atoms with Crippen LogP contribution in [0.15, 0.2) is 23.1 Å². The molecule has 1 aliphatic carbocycles. The first-order valence-electron chi connectivity index (χ1n) is 4.22. The highest BCUT2D eigenvalue weighted by Crippen LogP contribution is 2.39. The number of rotatable bonds is 1. The average Bonchev–Trinajstić information content (AvgIpc) is 2.36. The Morgan fingerprint density at radius 3 is 2.50 bits per heavy atom. The number of carbonyl (C=O) groups excluding carboxylic acids is 1. The quantitative estimate of drug-likeness (QED) is 0.586. The molecule has 0 unspecified atom stereocenters. The number of halogens is 3. The van der Waals surface area contributed by atoms with Crippen LogP contribution in [0.1, 0.15) is 15.9 Å². The smallest absolute Gasteiger partial charge is 0.291 e. The van der Waals surface area contributed by atoms with Gasteiger partial charge >= 0.3 is 10.2 Å². The number of hydrogen-bond donors (Lipinski definition) is 0. The lowest BCUT2D eigenvalue weighted by Gasteiger charge is -2.06. The molecule has 86 valence electrons. The first-order chi connectivity index (χ1) is 7.22. The van der Waals surface area contributed by atoms with Crippen LogP contribution in [-0.2, 0) is 16.6 Å². The fourth-order valence-corrected chi connectivity index (χ4v) is 2.61. The van der Waals surface area contributed by atoms with Crippen molar-refractivity contribution in [3.8, 4) is 0 Å². The molecule has 0 aliphatic heterocycles. The standard InChI is InChI=1S/C9H5Cl2FO3S/c10-9(11)4-5-3-6(16(12,14)15)1-2-7(5)8(9)13/h1-3H,4H2. The lowest BCUT2D eigenvalue weighted by molar-refractivity contribution is 0.0985. The molecule has 0 bridgehead atoms. The zero-order chi connectivity index (χ0) is 12.1. The summed E-state index contributed by atoms with van der Waals surface area (Å²) in [6.07, 6.45) is -0.0202. The molecule has 2 rings (SSSR count). The summed E-state index contributed by atoms with van der Waals surface area (Å²) in [4.78, 5) is 11.1. The molecular weight excluding hydrogens is 278 g/mol. The van der Waals surface area contributed by atoms with Crippen molar-refractivity contribution in [2.45, 2.75) is 15.6 Å². The molecule has 0 saturated heterocycles. The number of carbonyl (C=O) groups is 1. The van der Waals surface area contributed by atoms with Gasteiger partial charge in [-0.15, -0.1) is 3.89 Å². The minimum atomic E-state index is -4.78. The third-order valence-electron chi connectivity index (χ3n) is 2.35. The molecule has 0 N–H and O–H groups in total. The average molecular weight is 283 g/mol. The lowest BCUT2D eigenvalue weighted by atomic mass is 10.1. The van der Waals surface area contributed by atoms with E-state index in [1.807, 2.05) is 0 Å². The highest BCUT2D eigenvalue weighted by Gasteiger charge is 2.42. The van der Waals surface area contributed by atoms with Crippen LogP contribution in [0.3, 0.4) is 0 Å². The predicted molar refractivity (Wildman–Crippen MR) is 57.2 cm³/mol. The predicted octanol–water partition coefficient (Wildman–Crippen LogP) is 2.26. The summed E-state index contributed by atoms with van der Waals surface area (Å²) < 4.78 is 32.4. The maximum Gasteiger partial charge on any atom is 0.332 e. The first-order valence-corrected chi connectivity index (χ1v) is 6.36. The Bertz CT molecular complexity index is 580. The van der Waals surface area contributed by atoms with Crippen LogP contribution in [0.4, 0.5) is 3.89 Å². The molecule has 0 aromatic heterocycles. The van der Waals surface area contributed by atoms with Crippen LogP contribution < -0.4 is 0 Å². The van der Waals surface area contributed by atoms with Crippen molar-refractivity contribution in [3.05, 3.63) is 29.3 Å². The van der Waals surface area contributed by atoms with E-state index in [0.717, 1.165) is 12.1 Å². The molecule has 16 heavy (non-hydrogen) atoms. The number of fused-ring (bicyclic) bond motifs is 1. The normalized spacial score (nSPS) is 18.6. The van der Waals surface area contributed by atoms with Gasteiger partial charge in [0, 0.05) is 12.0 Å². The van der Waals surface area contributed by atoms with E-state index >= 15 is 0 Å². The topological polar surface area (TPSA) is 51.2 Å². The van der Waals surface area contributed by atoms with Gasteiger partial charge in [0.15, 0.2) is 10.1 Å². The van der Waals surface area contributed by atoms with Crippen LogP contribution in [0, 0.1) is 0 Å². The number of alkyl halides is 2. The molecule has 0 amide bonds. The second-order valence-corrected chi connectivity index (χ2v) is 6.30. The van der Waals surface area contributed by atoms with E-state index in [1.165, 1.54) is 6.07 Å². The van der Waals surface area contributed by atoms with E-state index < -0.39 is 25.2 Å². The first kappa shape index (κ1) is 11.8. The highest BCUT2D eigenvalue weighted by molar-refractivity contribution is 7.86. The fraction of sp³-hybridized carbons (Fsp3) is 0.222. The zero-order valence-corrected chi connectivity index (χ0v) is 10.0. The van der Waals surface area contributed by atoms with E-state index in [1.54, 1.807) is 0 Å². The molecule has 0 spiro atoms. The van der Waals surface area contributed by atoms with E-state index in [9.17, 15) is 17.1 Å². The van der Waals surface area contributed by atoms with Crippen molar-refractivity contribution in [3.63, 3.8) is 0 Å². The second kappa shape index (κ2) is 3.42. The molecule has 0 heterocycles. The molecule has 1 aromatic carbocycles. The highest BCUT2D eigenvalue weighted by atomic mass is 35.5. The molecule has 7 heteroatoms. The molecule has 0 saturated carbocycles. The largest absolute Gasteiger partial charge is 0.332 e. The summed E-state index contributed by atoms with van der Waals surface area (Å²) >= 11 is 11.4. The van der Waals surface area contributed by atoms with Gasteiger partial charge in [0.25, 0.3) is 0 Å². The van der Waals surface area contributed by atoms with Gasteiger partial charge in [-0.05, 0) is 23.8 Å². The van der Waals surface area contributed by atoms with Gasteiger partial charge in [-0.3, -0.25) is 4.79 Å². The lowest BCUT2D eigenvalue weighted by Crippen LogP contribution is -2.20. The van der Waals surface area contributed by atoms with E-state index in [4.69, 9.17) is 23.2 Å². The molecular formula is C9H5Cl2FO3S. The van der Waals surface area contributed by atoms with Crippen molar-refractivity contribution < 1.29 is 17.1 Å². The Labute approximate surface area is 101 Å². The molecule has 0 fully saturated rings. The number of Topliss-reactive ketones (excluding diaryl/α,β-unsaturated/α-hetero) is 1.